The second-order valence-corrected chi connectivity index (χ2v) is 15.9. The largest absolute Gasteiger partial charge is 0.490 e. The van der Waals surface area contributed by atoms with Gasteiger partial charge in [-0.1, -0.05) is 6.92 Å². The highest BCUT2D eigenvalue weighted by atomic mass is 32.2. The van der Waals surface area contributed by atoms with Gasteiger partial charge in [-0.15, -0.1) is 0 Å². The molecule has 264 valence electrons. The molecule has 4 atom stereocenters. The average Bonchev–Trinajstić information content (AvgIpc) is 3.49. The molecule has 1 aromatic heterocycles. The van der Waals surface area contributed by atoms with Crippen LogP contribution in [0.25, 0.3) is 0 Å². The third-order valence-electron chi connectivity index (χ3n) is 8.22. The molecule has 16 heteroatoms. The Labute approximate surface area is 281 Å². The minimum atomic E-state index is -4.07. The normalized spacial score (nSPS) is 20.9. The summed E-state index contributed by atoms with van der Waals surface area (Å²) in [5, 5.41) is 9.99. The summed E-state index contributed by atoms with van der Waals surface area (Å²) < 4.78 is 83.8. The zero-order valence-corrected chi connectivity index (χ0v) is 29.4. The number of benzene rings is 2. The van der Waals surface area contributed by atoms with Crippen molar-refractivity contribution in [2.75, 3.05) is 38.1 Å². The summed E-state index contributed by atoms with van der Waals surface area (Å²) in [5.41, 5.74) is 0.199. The highest BCUT2D eigenvalue weighted by molar-refractivity contribution is 7.92. The van der Waals surface area contributed by atoms with Crippen LogP contribution >= 0.6 is 0 Å². The summed E-state index contributed by atoms with van der Waals surface area (Å²) in [6.07, 6.45) is 3.78. The SMILES string of the molecule is C[C@H](CO)N1C[C@H](C)[C@@H](CN(C)S(=O)(=O)c2ccc(F)cc2)OCCCC[C@H](C)Oc2ccc(NS(=O)(=O)c3cn(C)cn3)cc2C1=O. The zero-order valence-electron chi connectivity index (χ0n) is 27.7. The second kappa shape index (κ2) is 15.8. The van der Waals surface area contributed by atoms with Crippen LogP contribution < -0.4 is 9.46 Å². The molecule has 3 aromatic rings. The lowest BCUT2D eigenvalue weighted by molar-refractivity contribution is -0.00834. The van der Waals surface area contributed by atoms with E-state index in [1.54, 1.807) is 14.0 Å². The number of anilines is 1. The molecular formula is C32H44FN5O8S2. The summed E-state index contributed by atoms with van der Waals surface area (Å²) in [5.74, 6) is -1.24. The molecule has 2 N–H and O–H groups in total. The van der Waals surface area contributed by atoms with Gasteiger partial charge in [0, 0.05) is 51.6 Å². The van der Waals surface area contributed by atoms with E-state index in [-0.39, 0.29) is 52.7 Å². The van der Waals surface area contributed by atoms with Gasteiger partial charge in [0.05, 0.1) is 41.6 Å². The first-order chi connectivity index (χ1) is 22.6. The number of nitrogens with one attached hydrogen (secondary N) is 1. The molecule has 48 heavy (non-hydrogen) atoms. The van der Waals surface area contributed by atoms with Crippen LogP contribution in [0.15, 0.2) is 64.9 Å². The number of carbonyl (C=O) groups excluding carboxylic acids is 1. The van der Waals surface area contributed by atoms with E-state index in [0.717, 1.165) is 22.9 Å². The number of carbonyl (C=O) groups is 1. The summed E-state index contributed by atoms with van der Waals surface area (Å²) in [7, 11) is -4.99. The van der Waals surface area contributed by atoms with Crippen LogP contribution in [0, 0.1) is 11.7 Å². The monoisotopic (exact) mass is 709 g/mol. The van der Waals surface area contributed by atoms with Crippen molar-refractivity contribution in [1.82, 2.24) is 18.8 Å². The molecule has 2 aromatic carbocycles. The summed E-state index contributed by atoms with van der Waals surface area (Å²) >= 11 is 0. The number of fused-ring (bicyclic) bond motifs is 1. The van der Waals surface area contributed by atoms with Gasteiger partial charge in [-0.05, 0) is 75.6 Å². The van der Waals surface area contributed by atoms with Crippen molar-refractivity contribution in [3.05, 3.63) is 66.4 Å². The lowest BCUT2D eigenvalue weighted by Crippen LogP contribution is -2.48. The molecule has 13 nitrogen and oxygen atoms in total. The first-order valence-electron chi connectivity index (χ1n) is 15.7. The lowest BCUT2D eigenvalue weighted by atomic mass is 10.0. The number of aliphatic hydroxyl groups excluding tert-OH is 1. The molecule has 0 aliphatic carbocycles. The number of hydrogen-bond acceptors (Lipinski definition) is 9. The van der Waals surface area contributed by atoms with Crippen LogP contribution in [0.5, 0.6) is 5.75 Å². The topological polar surface area (TPSA) is 160 Å². The first kappa shape index (κ1) is 37.3. The van der Waals surface area contributed by atoms with Gasteiger partial charge >= 0.3 is 0 Å². The molecule has 2 heterocycles. The Morgan fingerprint density at radius 3 is 2.48 bits per heavy atom. The molecule has 0 bridgehead atoms. The molecule has 1 aliphatic heterocycles. The Bertz CT molecular complexity index is 1770. The zero-order chi connectivity index (χ0) is 35.2. The van der Waals surface area contributed by atoms with Gasteiger partial charge in [0.1, 0.15) is 11.6 Å². The third-order valence-corrected chi connectivity index (χ3v) is 11.3. The molecule has 0 fully saturated rings. The molecule has 0 spiro atoms. The van der Waals surface area contributed by atoms with Crippen LogP contribution in [0.3, 0.4) is 0 Å². The highest BCUT2D eigenvalue weighted by Crippen LogP contribution is 2.29. The van der Waals surface area contributed by atoms with Crippen LogP contribution in [-0.2, 0) is 31.8 Å². The number of sulfonamides is 2. The lowest BCUT2D eigenvalue weighted by Gasteiger charge is -2.35. The molecule has 0 radical (unpaired) electrons. The van der Waals surface area contributed by atoms with Crippen molar-refractivity contribution in [1.29, 1.82) is 0 Å². The maximum Gasteiger partial charge on any atom is 0.280 e. The number of likely N-dealkylation sites (N-methyl/N-ethyl adjacent to an activating group) is 1. The number of rotatable bonds is 9. The maximum atomic E-state index is 14.3. The molecule has 0 saturated heterocycles. The Kier molecular flexibility index (Phi) is 12.2. The van der Waals surface area contributed by atoms with E-state index in [4.69, 9.17) is 9.47 Å². The number of halogens is 1. The standard InChI is InChI=1S/C32H44FN5O8S2/c1-22-17-38(23(2)20-39)32(40)28-16-26(35-47(41,42)31-19-36(4)21-34-31)11-14-29(28)46-24(3)8-6-7-15-45-30(22)18-37(5)48(43,44)27-12-9-25(33)10-13-27/h9-14,16,19,21-24,30,35,39H,6-8,15,17-18,20H2,1-5H3/t22-,23+,24-,30+/m0/s1. The van der Waals surface area contributed by atoms with Crippen molar-refractivity contribution in [3.63, 3.8) is 0 Å². The number of aliphatic hydroxyl groups is 1. The van der Waals surface area contributed by atoms with Crippen molar-refractivity contribution in [3.8, 4) is 5.75 Å². The number of nitrogens with zero attached hydrogens (tertiary/aromatic N) is 4. The van der Waals surface area contributed by atoms with Crippen LogP contribution in [0.1, 0.15) is 50.4 Å². The summed E-state index contributed by atoms with van der Waals surface area (Å²) in [6.45, 7) is 5.35. The highest BCUT2D eigenvalue weighted by Gasteiger charge is 2.33. The van der Waals surface area contributed by atoms with Gasteiger partial charge < -0.3 is 24.0 Å². The quantitative estimate of drug-likeness (QED) is 0.339. The van der Waals surface area contributed by atoms with Gasteiger partial charge in [-0.25, -0.2) is 17.8 Å². The van der Waals surface area contributed by atoms with Crippen molar-refractivity contribution >= 4 is 31.6 Å². The van der Waals surface area contributed by atoms with E-state index in [9.17, 15) is 31.1 Å². The van der Waals surface area contributed by atoms with Gasteiger partial charge in [0.2, 0.25) is 10.0 Å². The summed E-state index contributed by atoms with van der Waals surface area (Å²) in [6, 6.07) is 8.34. The fourth-order valence-corrected chi connectivity index (χ4v) is 7.54. The number of imidazole rings is 1. The van der Waals surface area contributed by atoms with Crippen molar-refractivity contribution < 1.29 is 40.6 Å². The van der Waals surface area contributed by atoms with E-state index < -0.39 is 49.8 Å². The van der Waals surface area contributed by atoms with Gasteiger partial charge in [0.15, 0.2) is 5.03 Å². The predicted octanol–water partition coefficient (Wildman–Crippen LogP) is 3.48. The fourth-order valence-electron chi connectivity index (χ4n) is 5.32. The second-order valence-electron chi connectivity index (χ2n) is 12.2. The smallest absolute Gasteiger partial charge is 0.280 e. The van der Waals surface area contributed by atoms with E-state index >= 15 is 0 Å². The Hall–Kier alpha value is -3.57. The summed E-state index contributed by atoms with van der Waals surface area (Å²) in [4.78, 5) is 19.6. The Morgan fingerprint density at radius 2 is 1.83 bits per heavy atom. The van der Waals surface area contributed by atoms with Crippen LogP contribution in [0.2, 0.25) is 0 Å². The number of amides is 1. The predicted molar refractivity (Wildman–Crippen MR) is 177 cm³/mol. The van der Waals surface area contributed by atoms with E-state index in [1.165, 1.54) is 59.4 Å². The first-order valence-corrected chi connectivity index (χ1v) is 18.6. The molecule has 1 aliphatic rings. The average molecular weight is 710 g/mol. The molecular weight excluding hydrogens is 666 g/mol. The Balaban J connectivity index is 1.67. The van der Waals surface area contributed by atoms with E-state index in [2.05, 4.69) is 9.71 Å². The minimum absolute atomic E-state index is 0.0496. The molecule has 4 rings (SSSR count). The van der Waals surface area contributed by atoms with Crippen LogP contribution in [-0.4, -0.2) is 98.2 Å². The molecule has 0 saturated carbocycles. The number of hydrogen-bond donors (Lipinski definition) is 2. The van der Waals surface area contributed by atoms with E-state index in [1.807, 2.05) is 13.8 Å². The Morgan fingerprint density at radius 1 is 1.12 bits per heavy atom. The molecule has 1 amide bonds. The van der Waals surface area contributed by atoms with E-state index in [0.29, 0.717) is 19.4 Å². The van der Waals surface area contributed by atoms with Crippen molar-refractivity contribution in [2.24, 2.45) is 13.0 Å². The third kappa shape index (κ3) is 9.11. The van der Waals surface area contributed by atoms with Gasteiger partial charge in [0.25, 0.3) is 15.9 Å². The van der Waals surface area contributed by atoms with Crippen molar-refractivity contribution in [2.45, 2.75) is 68.2 Å². The minimum Gasteiger partial charge on any atom is -0.490 e. The number of ether oxygens (including phenoxy) is 2. The molecule has 0 unspecified atom stereocenters. The van der Waals surface area contributed by atoms with Crippen LogP contribution in [0.4, 0.5) is 10.1 Å². The fraction of sp³-hybridized carbons (Fsp3) is 0.500. The van der Waals surface area contributed by atoms with Gasteiger partial charge in [-0.2, -0.15) is 12.7 Å². The number of aryl methyl sites for hydroxylation is 1. The maximum absolute atomic E-state index is 14.3. The van der Waals surface area contributed by atoms with Gasteiger partial charge in [-0.3, -0.25) is 9.52 Å². The number of aromatic nitrogens is 2.